The molecule has 3 aromatic heterocycles. The highest BCUT2D eigenvalue weighted by Gasteiger charge is 2.24. The summed E-state index contributed by atoms with van der Waals surface area (Å²) in [6.07, 6.45) is 4.21. The normalized spacial score (nSPS) is 11.9. The molecule has 0 fully saturated rings. The molecule has 4 aromatic rings. The minimum absolute atomic E-state index is 0.0490. The number of carbonyl (C=O) groups is 1. The molecule has 0 saturated heterocycles. The first-order chi connectivity index (χ1) is 14.3. The van der Waals surface area contributed by atoms with Crippen molar-refractivity contribution < 1.29 is 4.79 Å². The summed E-state index contributed by atoms with van der Waals surface area (Å²) in [7, 11) is 0. The maximum Gasteiger partial charge on any atom is 0.274 e. The zero-order chi connectivity index (χ0) is 20.1. The molecular formula is C22H21N5OS. The van der Waals surface area contributed by atoms with Crippen molar-refractivity contribution in [3.05, 3.63) is 88.5 Å². The first-order valence-corrected chi connectivity index (χ1v) is 10.4. The highest BCUT2D eigenvalue weighted by molar-refractivity contribution is 7.10. The molecule has 1 atom stereocenters. The van der Waals surface area contributed by atoms with Crippen LogP contribution in [-0.4, -0.2) is 25.9 Å². The van der Waals surface area contributed by atoms with Crippen LogP contribution in [0.1, 0.15) is 40.3 Å². The Morgan fingerprint density at radius 3 is 2.59 bits per heavy atom. The third-order valence-corrected chi connectivity index (χ3v) is 5.67. The molecule has 1 amide bonds. The van der Waals surface area contributed by atoms with E-state index < -0.39 is 0 Å². The molecule has 1 N–H and O–H groups in total. The summed E-state index contributed by atoms with van der Waals surface area (Å²) < 4.78 is 1.77. The number of carbonyl (C=O) groups excluding carboxylic acids is 1. The number of thiophene rings is 1. The SMILES string of the molecule is CC[C@H](NC(=O)c1nnn(Cc2ccccc2)c1-c1ccncc1)c1cccs1. The van der Waals surface area contributed by atoms with E-state index in [4.69, 9.17) is 0 Å². The predicted molar refractivity (Wildman–Crippen MR) is 114 cm³/mol. The quantitative estimate of drug-likeness (QED) is 0.498. The van der Waals surface area contributed by atoms with Crippen LogP contribution in [0.25, 0.3) is 11.3 Å². The lowest BCUT2D eigenvalue weighted by molar-refractivity contribution is 0.0932. The van der Waals surface area contributed by atoms with E-state index >= 15 is 0 Å². The number of benzene rings is 1. The lowest BCUT2D eigenvalue weighted by Gasteiger charge is -2.15. The van der Waals surface area contributed by atoms with Crippen molar-refractivity contribution in [3.63, 3.8) is 0 Å². The maximum absolute atomic E-state index is 13.1. The molecule has 0 spiro atoms. The Labute approximate surface area is 173 Å². The Morgan fingerprint density at radius 2 is 1.90 bits per heavy atom. The van der Waals surface area contributed by atoms with Crippen molar-refractivity contribution in [2.45, 2.75) is 25.9 Å². The molecule has 0 saturated carbocycles. The van der Waals surface area contributed by atoms with Gasteiger partial charge in [-0.1, -0.05) is 48.5 Å². The number of rotatable bonds is 7. The second kappa shape index (κ2) is 8.79. The monoisotopic (exact) mass is 403 g/mol. The third-order valence-electron chi connectivity index (χ3n) is 4.68. The molecule has 146 valence electrons. The number of hydrogen-bond acceptors (Lipinski definition) is 5. The van der Waals surface area contributed by atoms with Gasteiger partial charge in [-0.05, 0) is 35.6 Å². The molecule has 4 rings (SSSR count). The van der Waals surface area contributed by atoms with Gasteiger partial charge >= 0.3 is 0 Å². The fraction of sp³-hybridized carbons (Fsp3) is 0.182. The van der Waals surface area contributed by atoms with E-state index in [0.29, 0.717) is 17.9 Å². The third kappa shape index (κ3) is 4.25. The van der Waals surface area contributed by atoms with E-state index in [1.54, 1.807) is 28.4 Å². The van der Waals surface area contributed by atoms with Crippen LogP contribution in [0.3, 0.4) is 0 Å². The van der Waals surface area contributed by atoms with Crippen LogP contribution in [0.2, 0.25) is 0 Å². The largest absolute Gasteiger partial charge is 0.343 e. The fourth-order valence-corrected chi connectivity index (χ4v) is 4.08. The summed E-state index contributed by atoms with van der Waals surface area (Å²) in [5.74, 6) is -0.226. The number of hydrogen-bond donors (Lipinski definition) is 1. The number of amides is 1. The van der Waals surface area contributed by atoms with Gasteiger partial charge in [0, 0.05) is 22.8 Å². The molecule has 0 radical (unpaired) electrons. The van der Waals surface area contributed by atoms with Crippen LogP contribution in [0.4, 0.5) is 0 Å². The van der Waals surface area contributed by atoms with Crippen molar-refractivity contribution in [2.24, 2.45) is 0 Å². The molecule has 0 unspecified atom stereocenters. The predicted octanol–water partition coefficient (Wildman–Crippen LogP) is 4.33. The molecular weight excluding hydrogens is 382 g/mol. The number of pyridine rings is 1. The lowest BCUT2D eigenvalue weighted by Crippen LogP contribution is -2.28. The standard InChI is InChI=1S/C22H21N5OS/c1-2-18(19-9-6-14-29-19)24-22(28)20-21(17-10-12-23-13-11-17)27(26-25-20)15-16-7-4-3-5-8-16/h3-14,18H,2,15H2,1H3,(H,24,28)/t18-/m0/s1. The molecule has 1 aromatic carbocycles. The molecule has 0 bridgehead atoms. The zero-order valence-corrected chi connectivity index (χ0v) is 16.8. The van der Waals surface area contributed by atoms with E-state index in [9.17, 15) is 4.79 Å². The van der Waals surface area contributed by atoms with Gasteiger partial charge in [-0.25, -0.2) is 4.68 Å². The van der Waals surface area contributed by atoms with Gasteiger partial charge in [0.1, 0.15) is 5.69 Å². The van der Waals surface area contributed by atoms with Gasteiger partial charge in [0.05, 0.1) is 12.6 Å². The Kier molecular flexibility index (Phi) is 5.76. The molecule has 29 heavy (non-hydrogen) atoms. The Balaban J connectivity index is 1.68. The summed E-state index contributed by atoms with van der Waals surface area (Å²) in [4.78, 5) is 18.3. The van der Waals surface area contributed by atoms with Gasteiger partial charge in [0.2, 0.25) is 0 Å². The maximum atomic E-state index is 13.1. The van der Waals surface area contributed by atoms with Gasteiger partial charge in [0.25, 0.3) is 5.91 Å². The molecule has 3 heterocycles. The van der Waals surface area contributed by atoms with Crippen molar-refractivity contribution in [1.82, 2.24) is 25.3 Å². The van der Waals surface area contributed by atoms with Crippen LogP contribution in [0.15, 0.2) is 72.4 Å². The van der Waals surface area contributed by atoms with E-state index in [0.717, 1.165) is 22.4 Å². The summed E-state index contributed by atoms with van der Waals surface area (Å²) >= 11 is 1.64. The Hall–Kier alpha value is -3.32. The molecule has 0 aliphatic heterocycles. The van der Waals surface area contributed by atoms with Crippen molar-refractivity contribution in [1.29, 1.82) is 0 Å². The van der Waals surface area contributed by atoms with Gasteiger partial charge in [-0.3, -0.25) is 9.78 Å². The summed E-state index contributed by atoms with van der Waals surface area (Å²) in [6.45, 7) is 2.58. The van der Waals surface area contributed by atoms with Crippen molar-refractivity contribution >= 4 is 17.2 Å². The van der Waals surface area contributed by atoms with E-state index in [2.05, 4.69) is 27.5 Å². The van der Waals surface area contributed by atoms with Gasteiger partial charge < -0.3 is 5.32 Å². The minimum Gasteiger partial charge on any atom is -0.343 e. The first kappa shape index (κ1) is 19.0. The van der Waals surface area contributed by atoms with E-state index in [1.165, 1.54) is 0 Å². The van der Waals surface area contributed by atoms with E-state index in [-0.39, 0.29) is 11.9 Å². The number of nitrogens with zero attached hydrogens (tertiary/aromatic N) is 4. The fourth-order valence-electron chi connectivity index (χ4n) is 3.22. The van der Waals surface area contributed by atoms with Gasteiger partial charge in [-0.15, -0.1) is 16.4 Å². The molecule has 0 aliphatic carbocycles. The second-order valence-electron chi connectivity index (χ2n) is 6.62. The average molecular weight is 404 g/mol. The summed E-state index contributed by atoms with van der Waals surface area (Å²) in [5.41, 5.74) is 2.96. The molecule has 6 nitrogen and oxygen atoms in total. The number of nitrogens with one attached hydrogen (secondary N) is 1. The smallest absolute Gasteiger partial charge is 0.274 e. The van der Waals surface area contributed by atoms with Crippen LogP contribution in [0.5, 0.6) is 0 Å². The Bertz CT molecular complexity index is 1060. The topological polar surface area (TPSA) is 72.7 Å². The molecule has 0 aliphatic rings. The summed E-state index contributed by atoms with van der Waals surface area (Å²) in [6, 6.07) is 17.7. The van der Waals surface area contributed by atoms with Crippen molar-refractivity contribution in [2.75, 3.05) is 0 Å². The summed E-state index contributed by atoms with van der Waals surface area (Å²) in [5, 5.41) is 13.7. The second-order valence-corrected chi connectivity index (χ2v) is 7.59. The highest BCUT2D eigenvalue weighted by Crippen LogP contribution is 2.25. The van der Waals surface area contributed by atoms with Gasteiger partial charge in [0.15, 0.2) is 5.69 Å². The van der Waals surface area contributed by atoms with Gasteiger partial charge in [-0.2, -0.15) is 0 Å². The Morgan fingerprint density at radius 1 is 1.10 bits per heavy atom. The lowest BCUT2D eigenvalue weighted by atomic mass is 10.1. The zero-order valence-electron chi connectivity index (χ0n) is 16.0. The van der Waals surface area contributed by atoms with Crippen LogP contribution >= 0.6 is 11.3 Å². The molecule has 7 heteroatoms. The van der Waals surface area contributed by atoms with Crippen LogP contribution in [-0.2, 0) is 6.54 Å². The first-order valence-electron chi connectivity index (χ1n) is 9.48. The van der Waals surface area contributed by atoms with E-state index in [1.807, 2.05) is 60.0 Å². The average Bonchev–Trinajstić information content (AvgIpc) is 3.44. The number of aromatic nitrogens is 4. The van der Waals surface area contributed by atoms with Crippen LogP contribution < -0.4 is 5.32 Å². The highest BCUT2D eigenvalue weighted by atomic mass is 32.1. The minimum atomic E-state index is -0.226. The van der Waals surface area contributed by atoms with Crippen molar-refractivity contribution in [3.8, 4) is 11.3 Å². The van der Waals surface area contributed by atoms with Crippen LogP contribution in [0, 0.1) is 0 Å².